The van der Waals surface area contributed by atoms with Crippen molar-refractivity contribution in [1.29, 1.82) is 0 Å². The number of rotatable bonds is 2. The molecule has 0 N–H and O–H groups in total. The number of hydrogen-bond donors (Lipinski definition) is 0. The van der Waals surface area contributed by atoms with Gasteiger partial charge in [0.25, 0.3) is 0 Å². The van der Waals surface area contributed by atoms with Gasteiger partial charge in [-0.05, 0) is 15.9 Å². The van der Waals surface area contributed by atoms with Gasteiger partial charge in [-0.3, -0.25) is 0 Å². The molecule has 9 heavy (non-hydrogen) atoms. The number of hydrogen-bond acceptors (Lipinski definition) is 2. The molecule has 1 heterocycles. The molecule has 0 aliphatic rings. The van der Waals surface area contributed by atoms with E-state index in [0.717, 1.165) is 22.2 Å². The SMILES string of the molecule is BrCCc1nc(Br)co1. The average molecular weight is 255 g/mol. The standard InChI is InChI=1S/C5H5Br2NO/c6-2-1-5-8-4(7)3-9-5/h3H,1-2H2. The van der Waals surface area contributed by atoms with Gasteiger partial charge in [-0.1, -0.05) is 15.9 Å². The van der Waals surface area contributed by atoms with Gasteiger partial charge in [0.2, 0.25) is 0 Å². The van der Waals surface area contributed by atoms with E-state index < -0.39 is 0 Å². The fourth-order valence-corrected chi connectivity index (χ4v) is 1.11. The van der Waals surface area contributed by atoms with Crippen molar-refractivity contribution in [3.8, 4) is 0 Å². The molecule has 4 heteroatoms. The van der Waals surface area contributed by atoms with Crippen molar-refractivity contribution in [3.05, 3.63) is 16.8 Å². The highest BCUT2D eigenvalue weighted by molar-refractivity contribution is 9.10. The Morgan fingerprint density at radius 2 is 2.44 bits per heavy atom. The van der Waals surface area contributed by atoms with Gasteiger partial charge in [0, 0.05) is 11.8 Å². The minimum atomic E-state index is 0.762. The fourth-order valence-electron chi connectivity index (χ4n) is 0.484. The summed E-state index contributed by atoms with van der Waals surface area (Å²) in [7, 11) is 0. The second-order valence-electron chi connectivity index (χ2n) is 1.50. The molecule has 1 aromatic rings. The molecular weight excluding hydrogens is 250 g/mol. The first-order valence-electron chi connectivity index (χ1n) is 2.49. The largest absolute Gasteiger partial charge is 0.448 e. The molecule has 0 amide bonds. The van der Waals surface area contributed by atoms with Crippen LogP contribution in [-0.4, -0.2) is 10.3 Å². The highest BCUT2D eigenvalue weighted by Gasteiger charge is 1.97. The first-order valence-corrected chi connectivity index (χ1v) is 4.40. The van der Waals surface area contributed by atoms with Crippen LogP contribution in [0.25, 0.3) is 0 Å². The Morgan fingerprint density at radius 3 is 2.89 bits per heavy atom. The summed E-state index contributed by atoms with van der Waals surface area (Å²) in [6.45, 7) is 0. The Kier molecular flexibility index (Phi) is 2.72. The van der Waals surface area contributed by atoms with E-state index in [0.29, 0.717) is 0 Å². The van der Waals surface area contributed by atoms with Crippen LogP contribution in [0.4, 0.5) is 0 Å². The molecule has 0 spiro atoms. The number of aryl methyl sites for hydroxylation is 1. The Morgan fingerprint density at radius 1 is 1.67 bits per heavy atom. The second kappa shape index (κ2) is 3.37. The minimum Gasteiger partial charge on any atom is -0.448 e. The maximum Gasteiger partial charge on any atom is 0.195 e. The lowest BCUT2D eigenvalue weighted by Crippen LogP contribution is -1.83. The second-order valence-corrected chi connectivity index (χ2v) is 3.11. The first kappa shape index (κ1) is 7.28. The number of oxazole rings is 1. The molecule has 0 unspecified atom stereocenters. The molecule has 0 aliphatic heterocycles. The monoisotopic (exact) mass is 253 g/mol. The van der Waals surface area contributed by atoms with Crippen molar-refractivity contribution >= 4 is 31.9 Å². The van der Waals surface area contributed by atoms with Gasteiger partial charge in [0.15, 0.2) is 5.89 Å². The molecule has 0 fully saturated rings. The zero-order valence-corrected chi connectivity index (χ0v) is 7.77. The maximum absolute atomic E-state index is 5.02. The van der Waals surface area contributed by atoms with E-state index in [9.17, 15) is 0 Å². The molecule has 0 aromatic carbocycles. The van der Waals surface area contributed by atoms with Gasteiger partial charge in [-0.2, -0.15) is 0 Å². The molecule has 0 atom stereocenters. The fraction of sp³-hybridized carbons (Fsp3) is 0.400. The molecular formula is C5H5Br2NO. The number of aromatic nitrogens is 1. The summed E-state index contributed by atoms with van der Waals surface area (Å²) in [5.74, 6) is 0.763. The molecule has 1 rings (SSSR count). The van der Waals surface area contributed by atoms with E-state index in [1.54, 1.807) is 6.26 Å². The molecule has 50 valence electrons. The topological polar surface area (TPSA) is 26.0 Å². The molecule has 1 aromatic heterocycles. The van der Waals surface area contributed by atoms with Crippen molar-refractivity contribution < 1.29 is 4.42 Å². The highest BCUT2D eigenvalue weighted by atomic mass is 79.9. The van der Waals surface area contributed by atoms with E-state index in [4.69, 9.17) is 4.42 Å². The lowest BCUT2D eigenvalue weighted by atomic mass is 10.5. The minimum absolute atomic E-state index is 0.762. The summed E-state index contributed by atoms with van der Waals surface area (Å²) >= 11 is 6.46. The maximum atomic E-state index is 5.02. The predicted octanol–water partition coefficient (Wildman–Crippen LogP) is 2.37. The average Bonchev–Trinajstić information content (AvgIpc) is 2.17. The van der Waals surface area contributed by atoms with E-state index >= 15 is 0 Å². The van der Waals surface area contributed by atoms with Crippen LogP contribution in [0.2, 0.25) is 0 Å². The number of alkyl halides is 1. The van der Waals surface area contributed by atoms with Crippen LogP contribution in [0, 0.1) is 0 Å². The summed E-state index contributed by atoms with van der Waals surface area (Å²) in [5.41, 5.74) is 0. The van der Waals surface area contributed by atoms with Gasteiger partial charge in [-0.15, -0.1) is 0 Å². The molecule has 0 aliphatic carbocycles. The predicted molar refractivity (Wildman–Crippen MR) is 41.7 cm³/mol. The van der Waals surface area contributed by atoms with Crippen molar-refractivity contribution in [2.24, 2.45) is 0 Å². The van der Waals surface area contributed by atoms with E-state index in [1.165, 1.54) is 0 Å². The summed E-state index contributed by atoms with van der Waals surface area (Å²) < 4.78 is 5.78. The van der Waals surface area contributed by atoms with Crippen LogP contribution in [0.1, 0.15) is 5.89 Å². The van der Waals surface area contributed by atoms with Crippen LogP contribution in [0.5, 0.6) is 0 Å². The van der Waals surface area contributed by atoms with Gasteiger partial charge in [-0.25, -0.2) is 4.98 Å². The molecule has 0 saturated heterocycles. The van der Waals surface area contributed by atoms with Crippen molar-refractivity contribution in [2.75, 3.05) is 5.33 Å². The first-order chi connectivity index (χ1) is 4.33. The van der Waals surface area contributed by atoms with Crippen LogP contribution >= 0.6 is 31.9 Å². The van der Waals surface area contributed by atoms with E-state index in [1.807, 2.05) is 0 Å². The zero-order valence-electron chi connectivity index (χ0n) is 4.60. The van der Waals surface area contributed by atoms with Crippen molar-refractivity contribution in [1.82, 2.24) is 4.98 Å². The van der Waals surface area contributed by atoms with Gasteiger partial charge < -0.3 is 4.42 Å². The van der Waals surface area contributed by atoms with E-state index in [-0.39, 0.29) is 0 Å². The van der Waals surface area contributed by atoms with Crippen LogP contribution in [-0.2, 0) is 6.42 Å². The third kappa shape index (κ3) is 2.10. The summed E-state index contributed by atoms with van der Waals surface area (Å²) in [5, 5.41) is 0.889. The lowest BCUT2D eigenvalue weighted by molar-refractivity contribution is 0.503. The van der Waals surface area contributed by atoms with Crippen LogP contribution < -0.4 is 0 Å². The molecule has 0 saturated carbocycles. The summed E-state index contributed by atoms with van der Waals surface area (Å²) in [6, 6.07) is 0. The van der Waals surface area contributed by atoms with Crippen molar-refractivity contribution in [2.45, 2.75) is 6.42 Å². The Hall–Kier alpha value is 0.170. The highest BCUT2D eigenvalue weighted by Crippen LogP contribution is 2.09. The van der Waals surface area contributed by atoms with Gasteiger partial charge in [0.05, 0.1) is 0 Å². The smallest absolute Gasteiger partial charge is 0.195 e. The van der Waals surface area contributed by atoms with Gasteiger partial charge in [0.1, 0.15) is 10.9 Å². The Labute approximate surface area is 69.9 Å². The molecule has 0 bridgehead atoms. The summed E-state index contributed by atoms with van der Waals surface area (Å²) in [6.07, 6.45) is 2.42. The van der Waals surface area contributed by atoms with Crippen molar-refractivity contribution in [3.63, 3.8) is 0 Å². The normalized spacial score (nSPS) is 10.0. The third-order valence-corrected chi connectivity index (χ3v) is 1.59. The third-order valence-electron chi connectivity index (χ3n) is 0.832. The quantitative estimate of drug-likeness (QED) is 0.758. The number of nitrogens with zero attached hydrogens (tertiary/aromatic N) is 1. The Balaban J connectivity index is 2.61. The Bertz CT molecular complexity index is 187. The zero-order chi connectivity index (χ0) is 6.69. The summed E-state index contributed by atoms with van der Waals surface area (Å²) in [4.78, 5) is 4.02. The molecule has 2 nitrogen and oxygen atoms in total. The van der Waals surface area contributed by atoms with E-state index in [2.05, 4.69) is 36.8 Å². The van der Waals surface area contributed by atoms with Gasteiger partial charge >= 0.3 is 0 Å². The van der Waals surface area contributed by atoms with Crippen LogP contribution in [0.3, 0.4) is 0 Å². The molecule has 0 radical (unpaired) electrons. The van der Waals surface area contributed by atoms with Crippen LogP contribution in [0.15, 0.2) is 15.3 Å². The lowest BCUT2D eigenvalue weighted by Gasteiger charge is -1.83. The number of halogens is 2.